The van der Waals surface area contributed by atoms with Crippen LogP contribution in [0.1, 0.15) is 41.1 Å². The molecule has 0 spiro atoms. The van der Waals surface area contributed by atoms with Crippen molar-refractivity contribution >= 4 is 17.2 Å². The number of imidazole rings is 1. The molecule has 2 heterocycles. The van der Waals surface area contributed by atoms with Crippen molar-refractivity contribution in [2.45, 2.75) is 20.3 Å². The number of nitrogens with zero attached hydrogens (tertiary/aromatic N) is 2. The Balaban J connectivity index is 2.54. The molecule has 0 aliphatic carbocycles. The van der Waals surface area contributed by atoms with Gasteiger partial charge in [0.05, 0.1) is 0 Å². The molecule has 4 heteroatoms. The third kappa shape index (κ3) is 1.74. The quantitative estimate of drug-likeness (QED) is 0.738. The predicted molar refractivity (Wildman–Crippen MR) is 59.8 cm³/mol. The van der Waals surface area contributed by atoms with Crippen LogP contribution in [-0.4, -0.2) is 21.0 Å². The largest absolute Gasteiger partial charge is 0.306 e. The molecule has 0 radical (unpaired) electrons. The highest BCUT2D eigenvalue weighted by molar-refractivity contribution is 5.95. The minimum Gasteiger partial charge on any atom is -0.306 e. The van der Waals surface area contributed by atoms with Crippen molar-refractivity contribution in [2.24, 2.45) is 0 Å². The Morgan fingerprint density at radius 2 is 2.06 bits per heavy atom. The molecule has 0 aliphatic heterocycles. The minimum absolute atomic E-state index is 0.000956. The standard InChI is InChI=1S/C12H12N2O2/c1-3-11(16)10-7-14-6-9(8(2)15)4-5-12(14)13-10/h4-7H,3H2,1-2H3. The van der Waals surface area contributed by atoms with Crippen molar-refractivity contribution < 1.29 is 9.59 Å². The maximum Gasteiger partial charge on any atom is 0.182 e. The summed E-state index contributed by atoms with van der Waals surface area (Å²) < 4.78 is 1.71. The molecule has 16 heavy (non-hydrogen) atoms. The molecule has 2 aromatic heterocycles. The predicted octanol–water partition coefficient (Wildman–Crippen LogP) is 2.13. The zero-order valence-electron chi connectivity index (χ0n) is 9.23. The third-order valence-electron chi connectivity index (χ3n) is 2.46. The molecule has 0 aliphatic rings. The number of pyridine rings is 1. The van der Waals surface area contributed by atoms with E-state index in [0.717, 1.165) is 0 Å². The second-order valence-corrected chi connectivity index (χ2v) is 3.64. The van der Waals surface area contributed by atoms with E-state index in [1.54, 1.807) is 35.9 Å². The van der Waals surface area contributed by atoms with Crippen LogP contribution < -0.4 is 0 Å². The SMILES string of the molecule is CCC(=O)c1cn2cc(C(C)=O)ccc2n1. The van der Waals surface area contributed by atoms with Crippen LogP contribution in [0.4, 0.5) is 0 Å². The van der Waals surface area contributed by atoms with E-state index in [9.17, 15) is 9.59 Å². The van der Waals surface area contributed by atoms with E-state index in [2.05, 4.69) is 4.98 Å². The Morgan fingerprint density at radius 1 is 1.31 bits per heavy atom. The van der Waals surface area contributed by atoms with Gasteiger partial charge in [0, 0.05) is 24.4 Å². The van der Waals surface area contributed by atoms with Crippen LogP contribution >= 0.6 is 0 Å². The first-order chi connectivity index (χ1) is 7.61. The first-order valence-corrected chi connectivity index (χ1v) is 5.14. The number of fused-ring (bicyclic) bond motifs is 1. The number of hydrogen-bond donors (Lipinski definition) is 0. The van der Waals surface area contributed by atoms with E-state index in [1.807, 2.05) is 0 Å². The average molecular weight is 216 g/mol. The molecule has 0 N–H and O–H groups in total. The third-order valence-corrected chi connectivity index (χ3v) is 2.46. The molecule has 0 fully saturated rings. The fourth-order valence-corrected chi connectivity index (χ4v) is 1.52. The maximum absolute atomic E-state index is 11.5. The number of aromatic nitrogens is 2. The zero-order chi connectivity index (χ0) is 11.7. The molecule has 0 amide bonds. The molecule has 0 bridgehead atoms. The van der Waals surface area contributed by atoms with Gasteiger partial charge in [-0.05, 0) is 19.1 Å². The number of carbonyl (C=O) groups excluding carboxylic acids is 2. The van der Waals surface area contributed by atoms with Crippen LogP contribution in [0, 0.1) is 0 Å². The number of hydrogen-bond acceptors (Lipinski definition) is 3. The molecule has 4 nitrogen and oxygen atoms in total. The Hall–Kier alpha value is -1.97. The second-order valence-electron chi connectivity index (χ2n) is 3.64. The van der Waals surface area contributed by atoms with Gasteiger partial charge in [-0.15, -0.1) is 0 Å². The molecule has 0 atom stereocenters. The van der Waals surface area contributed by atoms with Gasteiger partial charge < -0.3 is 4.40 Å². The highest BCUT2D eigenvalue weighted by Gasteiger charge is 2.09. The number of ketones is 2. The van der Waals surface area contributed by atoms with Crippen LogP contribution in [0.5, 0.6) is 0 Å². The van der Waals surface area contributed by atoms with Gasteiger partial charge in [0.2, 0.25) is 0 Å². The lowest BCUT2D eigenvalue weighted by Gasteiger charge is -1.96. The Labute approximate surface area is 92.9 Å². The fraction of sp³-hybridized carbons (Fsp3) is 0.250. The van der Waals surface area contributed by atoms with Gasteiger partial charge in [0.25, 0.3) is 0 Å². The minimum atomic E-state index is -0.000956. The smallest absolute Gasteiger partial charge is 0.182 e. The lowest BCUT2D eigenvalue weighted by Crippen LogP contribution is -1.95. The topological polar surface area (TPSA) is 51.4 Å². The Kier molecular flexibility index (Phi) is 2.56. The summed E-state index contributed by atoms with van der Waals surface area (Å²) in [7, 11) is 0. The molecule has 2 rings (SSSR count). The van der Waals surface area contributed by atoms with Crippen molar-refractivity contribution in [1.82, 2.24) is 9.38 Å². The number of carbonyl (C=O) groups is 2. The Morgan fingerprint density at radius 3 is 2.69 bits per heavy atom. The zero-order valence-corrected chi connectivity index (χ0v) is 9.23. The van der Waals surface area contributed by atoms with Gasteiger partial charge in [0.15, 0.2) is 11.6 Å². The molecule has 0 saturated heterocycles. The van der Waals surface area contributed by atoms with Gasteiger partial charge in [-0.3, -0.25) is 9.59 Å². The number of Topliss-reactive ketones (excluding diaryl/α,β-unsaturated/α-hetero) is 2. The molecule has 0 unspecified atom stereocenters. The first-order valence-electron chi connectivity index (χ1n) is 5.14. The van der Waals surface area contributed by atoms with Gasteiger partial charge in [-0.2, -0.15) is 0 Å². The van der Waals surface area contributed by atoms with Crippen molar-refractivity contribution in [1.29, 1.82) is 0 Å². The van der Waals surface area contributed by atoms with Gasteiger partial charge in [0.1, 0.15) is 11.3 Å². The van der Waals surface area contributed by atoms with E-state index in [1.165, 1.54) is 6.92 Å². The van der Waals surface area contributed by atoms with E-state index < -0.39 is 0 Å². The highest BCUT2D eigenvalue weighted by atomic mass is 16.1. The van der Waals surface area contributed by atoms with E-state index in [0.29, 0.717) is 23.3 Å². The van der Waals surface area contributed by atoms with Gasteiger partial charge in [-0.25, -0.2) is 4.98 Å². The van der Waals surface area contributed by atoms with Crippen LogP contribution in [0.2, 0.25) is 0 Å². The summed E-state index contributed by atoms with van der Waals surface area (Å²) in [5.74, 6) is 0.00652. The summed E-state index contributed by atoms with van der Waals surface area (Å²) in [5.41, 5.74) is 1.74. The summed E-state index contributed by atoms with van der Waals surface area (Å²) in [6.07, 6.45) is 3.79. The van der Waals surface area contributed by atoms with Crippen molar-refractivity contribution in [2.75, 3.05) is 0 Å². The van der Waals surface area contributed by atoms with Gasteiger partial charge >= 0.3 is 0 Å². The summed E-state index contributed by atoms with van der Waals surface area (Å²) in [6.45, 7) is 3.31. The molecule has 0 saturated carbocycles. The summed E-state index contributed by atoms with van der Waals surface area (Å²) >= 11 is 0. The highest BCUT2D eigenvalue weighted by Crippen LogP contribution is 2.09. The van der Waals surface area contributed by atoms with Crippen LogP contribution in [0.15, 0.2) is 24.5 Å². The summed E-state index contributed by atoms with van der Waals surface area (Å²) in [5, 5.41) is 0. The molecular weight excluding hydrogens is 204 g/mol. The molecule has 82 valence electrons. The molecule has 0 aromatic carbocycles. The van der Waals surface area contributed by atoms with E-state index in [-0.39, 0.29) is 11.6 Å². The fourth-order valence-electron chi connectivity index (χ4n) is 1.52. The van der Waals surface area contributed by atoms with Crippen molar-refractivity contribution in [3.05, 3.63) is 35.8 Å². The van der Waals surface area contributed by atoms with Crippen LogP contribution in [-0.2, 0) is 0 Å². The summed E-state index contributed by atoms with van der Waals surface area (Å²) in [6, 6.07) is 3.45. The second kappa shape index (κ2) is 3.89. The summed E-state index contributed by atoms with van der Waals surface area (Å²) in [4.78, 5) is 26.8. The lowest BCUT2D eigenvalue weighted by atomic mass is 10.2. The van der Waals surface area contributed by atoms with Crippen molar-refractivity contribution in [3.8, 4) is 0 Å². The average Bonchev–Trinajstić information content (AvgIpc) is 2.70. The van der Waals surface area contributed by atoms with Crippen molar-refractivity contribution in [3.63, 3.8) is 0 Å². The van der Waals surface area contributed by atoms with Crippen LogP contribution in [0.3, 0.4) is 0 Å². The monoisotopic (exact) mass is 216 g/mol. The number of rotatable bonds is 3. The first kappa shape index (κ1) is 10.5. The van der Waals surface area contributed by atoms with Gasteiger partial charge in [-0.1, -0.05) is 6.92 Å². The normalized spacial score (nSPS) is 10.6. The molecule has 2 aromatic rings. The van der Waals surface area contributed by atoms with E-state index in [4.69, 9.17) is 0 Å². The van der Waals surface area contributed by atoms with Crippen LogP contribution in [0.25, 0.3) is 5.65 Å². The Bertz CT molecular complexity index is 569. The maximum atomic E-state index is 11.5. The van der Waals surface area contributed by atoms with E-state index >= 15 is 0 Å². The molecular formula is C12H12N2O2. The lowest BCUT2D eigenvalue weighted by molar-refractivity contribution is 0.0982.